The van der Waals surface area contributed by atoms with Gasteiger partial charge in [0.25, 0.3) is 0 Å². The summed E-state index contributed by atoms with van der Waals surface area (Å²) in [6.45, 7) is 5.82. The number of aromatic amines is 1. The van der Waals surface area contributed by atoms with Crippen molar-refractivity contribution in [1.29, 1.82) is 0 Å². The minimum absolute atomic E-state index is 0.711. The lowest BCUT2D eigenvalue weighted by atomic mass is 10.3. The smallest absolute Gasteiger partial charge is 0.132 e. The monoisotopic (exact) mass is 300 g/mol. The Morgan fingerprint density at radius 2 is 2.12 bits per heavy atom. The molecule has 4 heteroatoms. The molecule has 2 aromatic rings. The van der Waals surface area contributed by atoms with Crippen LogP contribution in [0.5, 0.6) is 0 Å². The van der Waals surface area contributed by atoms with Gasteiger partial charge in [-0.3, -0.25) is 0 Å². The first-order chi connectivity index (χ1) is 7.65. The highest BCUT2D eigenvalue weighted by atomic mass is 79.9. The van der Waals surface area contributed by atoms with Crippen molar-refractivity contribution in [3.05, 3.63) is 33.5 Å². The first-order valence-corrected chi connectivity index (χ1v) is 6.31. The number of aromatic nitrogens is 2. The fourth-order valence-corrected chi connectivity index (χ4v) is 1.72. The molecule has 86 valence electrons. The summed E-state index contributed by atoms with van der Waals surface area (Å²) in [7, 11) is 0. The Bertz CT molecular complexity index is 499. The Balaban J connectivity index is 0.000000606. The van der Waals surface area contributed by atoms with Gasteiger partial charge in [-0.1, -0.05) is 41.4 Å². The van der Waals surface area contributed by atoms with E-state index in [1.807, 2.05) is 39.0 Å². The molecule has 0 aliphatic heterocycles. The summed E-state index contributed by atoms with van der Waals surface area (Å²) >= 11 is 9.17. The Labute approximate surface area is 109 Å². The van der Waals surface area contributed by atoms with Gasteiger partial charge < -0.3 is 4.98 Å². The zero-order valence-electron chi connectivity index (χ0n) is 9.51. The molecule has 0 saturated carbocycles. The average Bonchev–Trinajstić information content (AvgIpc) is 2.61. The molecular weight excluding hydrogens is 288 g/mol. The highest BCUT2D eigenvalue weighted by molar-refractivity contribution is 9.10. The second-order valence-corrected chi connectivity index (χ2v) is 4.53. The molecule has 0 amide bonds. The Morgan fingerprint density at radius 3 is 2.75 bits per heavy atom. The van der Waals surface area contributed by atoms with E-state index in [4.69, 9.17) is 11.6 Å². The highest BCUT2D eigenvalue weighted by Crippen LogP contribution is 2.18. The molecule has 1 aromatic carbocycles. The third-order valence-corrected chi connectivity index (χ3v) is 2.40. The predicted octanol–water partition coefficient (Wildman–Crippen LogP) is 4.95. The van der Waals surface area contributed by atoms with E-state index in [0.29, 0.717) is 5.03 Å². The van der Waals surface area contributed by atoms with E-state index in [2.05, 4.69) is 25.9 Å². The zero-order chi connectivity index (χ0) is 12.1. The molecule has 0 aliphatic carbocycles. The highest BCUT2D eigenvalue weighted by Gasteiger charge is 2.00. The maximum atomic E-state index is 5.76. The number of nitrogens with one attached hydrogen (secondary N) is 1. The van der Waals surface area contributed by atoms with Crippen LogP contribution in [0.3, 0.4) is 0 Å². The molecular formula is C12H14BrClN2. The summed E-state index contributed by atoms with van der Waals surface area (Å²) in [4.78, 5) is 7.52. The molecule has 0 spiro atoms. The van der Waals surface area contributed by atoms with Gasteiger partial charge in [-0.15, -0.1) is 0 Å². The fourth-order valence-electron chi connectivity index (χ4n) is 1.26. The topological polar surface area (TPSA) is 28.7 Å². The van der Waals surface area contributed by atoms with E-state index in [-0.39, 0.29) is 0 Å². The molecule has 0 aliphatic rings. The number of fused-ring (bicyclic) bond motifs is 1. The number of benzene rings is 1. The van der Waals surface area contributed by atoms with Crippen molar-refractivity contribution in [3.63, 3.8) is 0 Å². The Kier molecular flexibility index (Phi) is 5.03. The molecule has 0 radical (unpaired) electrons. The zero-order valence-corrected chi connectivity index (χ0v) is 11.9. The number of halogens is 2. The van der Waals surface area contributed by atoms with Crippen molar-refractivity contribution in [2.75, 3.05) is 0 Å². The largest absolute Gasteiger partial charge is 0.338 e. The fraction of sp³-hybridized carbons (Fsp3) is 0.250. The number of H-pyrrole nitrogens is 1. The van der Waals surface area contributed by atoms with Crippen LogP contribution in [0.25, 0.3) is 17.1 Å². The normalized spacial score (nSPS) is 11.2. The van der Waals surface area contributed by atoms with Gasteiger partial charge in [-0.05, 0) is 31.2 Å². The lowest BCUT2D eigenvalue weighted by Crippen LogP contribution is -1.73. The van der Waals surface area contributed by atoms with Crippen LogP contribution in [0.1, 0.15) is 26.6 Å². The summed E-state index contributed by atoms with van der Waals surface area (Å²) in [6.07, 6.45) is 1.80. The average molecular weight is 302 g/mol. The van der Waals surface area contributed by atoms with Crippen LogP contribution in [0, 0.1) is 0 Å². The molecule has 0 saturated heterocycles. The van der Waals surface area contributed by atoms with Crippen LogP contribution in [-0.2, 0) is 0 Å². The van der Waals surface area contributed by atoms with Gasteiger partial charge in [-0.25, -0.2) is 4.98 Å². The van der Waals surface area contributed by atoms with Crippen LogP contribution in [-0.4, -0.2) is 9.97 Å². The number of allylic oxidation sites excluding steroid dienone is 1. The van der Waals surface area contributed by atoms with Gasteiger partial charge >= 0.3 is 0 Å². The first kappa shape index (κ1) is 13.3. The van der Waals surface area contributed by atoms with Crippen molar-refractivity contribution in [3.8, 4) is 0 Å². The number of imidazole rings is 1. The van der Waals surface area contributed by atoms with E-state index in [9.17, 15) is 0 Å². The van der Waals surface area contributed by atoms with Crippen molar-refractivity contribution < 1.29 is 0 Å². The van der Waals surface area contributed by atoms with Gasteiger partial charge in [-0.2, -0.15) is 0 Å². The maximum Gasteiger partial charge on any atom is 0.132 e. The number of hydrogen-bond donors (Lipinski definition) is 1. The number of hydrogen-bond acceptors (Lipinski definition) is 1. The van der Waals surface area contributed by atoms with Gasteiger partial charge in [0.1, 0.15) is 5.82 Å². The maximum absolute atomic E-state index is 5.76. The van der Waals surface area contributed by atoms with Crippen LogP contribution < -0.4 is 0 Å². The number of rotatable bonds is 1. The first-order valence-electron chi connectivity index (χ1n) is 5.14. The van der Waals surface area contributed by atoms with Crippen LogP contribution in [0.15, 0.2) is 27.7 Å². The van der Waals surface area contributed by atoms with Crippen LogP contribution >= 0.6 is 27.5 Å². The van der Waals surface area contributed by atoms with E-state index < -0.39 is 0 Å². The summed E-state index contributed by atoms with van der Waals surface area (Å²) in [5.74, 6) is 0.783. The summed E-state index contributed by atoms with van der Waals surface area (Å²) < 4.78 is 1.03. The lowest BCUT2D eigenvalue weighted by Gasteiger charge is -1.87. The minimum atomic E-state index is 0.711. The van der Waals surface area contributed by atoms with Crippen molar-refractivity contribution in [2.45, 2.75) is 20.8 Å². The van der Waals surface area contributed by atoms with Crippen LogP contribution in [0.2, 0.25) is 0 Å². The lowest BCUT2D eigenvalue weighted by molar-refractivity contribution is 1.29. The van der Waals surface area contributed by atoms with Crippen LogP contribution in [0.4, 0.5) is 0 Å². The van der Waals surface area contributed by atoms with Gasteiger partial charge in [0, 0.05) is 9.51 Å². The molecule has 2 nitrogen and oxygen atoms in total. The third-order valence-electron chi connectivity index (χ3n) is 1.80. The standard InChI is InChI=1S/C10H8BrClN2.C2H6/c1-6(12)4-10-13-8-3-2-7(11)5-9(8)14-10;1-2/h2-5H,1H3,(H,13,14);1-2H3/b6-4-;. The molecule has 1 aromatic heterocycles. The van der Waals surface area contributed by atoms with Crippen molar-refractivity contribution >= 4 is 44.6 Å². The second-order valence-electron chi connectivity index (χ2n) is 3.01. The molecule has 16 heavy (non-hydrogen) atoms. The molecule has 0 atom stereocenters. The summed E-state index contributed by atoms with van der Waals surface area (Å²) in [5, 5.41) is 0.711. The van der Waals surface area contributed by atoms with E-state index in [1.165, 1.54) is 0 Å². The molecule has 0 bridgehead atoms. The molecule has 0 unspecified atom stereocenters. The molecule has 1 N–H and O–H groups in total. The van der Waals surface area contributed by atoms with Gasteiger partial charge in [0.05, 0.1) is 11.0 Å². The molecule has 1 heterocycles. The van der Waals surface area contributed by atoms with Crippen molar-refractivity contribution in [2.24, 2.45) is 0 Å². The second kappa shape index (κ2) is 6.06. The summed E-state index contributed by atoms with van der Waals surface area (Å²) in [5.41, 5.74) is 1.95. The Hall–Kier alpha value is -0.800. The van der Waals surface area contributed by atoms with Crippen molar-refractivity contribution in [1.82, 2.24) is 9.97 Å². The molecule has 0 fully saturated rings. The SMILES string of the molecule is C/C(Cl)=C/c1nc2ccc(Br)cc2[nH]1.CC. The van der Waals surface area contributed by atoms with Gasteiger partial charge in [0.2, 0.25) is 0 Å². The molecule has 2 rings (SSSR count). The predicted molar refractivity (Wildman–Crippen MR) is 74.6 cm³/mol. The van der Waals surface area contributed by atoms with Gasteiger partial charge in [0.15, 0.2) is 0 Å². The number of nitrogens with zero attached hydrogens (tertiary/aromatic N) is 1. The summed E-state index contributed by atoms with van der Waals surface area (Å²) in [6, 6.07) is 5.91. The Morgan fingerprint density at radius 1 is 1.44 bits per heavy atom. The van der Waals surface area contributed by atoms with E-state index in [1.54, 1.807) is 6.08 Å². The van der Waals surface area contributed by atoms with E-state index in [0.717, 1.165) is 21.3 Å². The third kappa shape index (κ3) is 3.35. The quantitative estimate of drug-likeness (QED) is 0.793. The minimum Gasteiger partial charge on any atom is -0.338 e. The van der Waals surface area contributed by atoms with E-state index >= 15 is 0 Å².